The molecule has 1 unspecified atom stereocenters. The van der Waals surface area contributed by atoms with Crippen LogP contribution in [0.2, 0.25) is 0 Å². The van der Waals surface area contributed by atoms with Crippen LogP contribution in [0, 0.1) is 0 Å². The molecule has 0 saturated carbocycles. The normalized spacial score (nSPS) is 16.9. The Kier molecular flexibility index (Phi) is 4.97. The minimum atomic E-state index is -1.04. The number of anilines is 1. The van der Waals surface area contributed by atoms with Crippen molar-refractivity contribution >= 4 is 28.3 Å². The Hall–Kier alpha value is -1.60. The monoisotopic (exact) mass is 297 g/mol. The molecule has 0 aromatic carbocycles. The molecule has 2 amide bonds. The van der Waals surface area contributed by atoms with Crippen LogP contribution in [-0.2, 0) is 0 Å². The van der Waals surface area contributed by atoms with Crippen molar-refractivity contribution in [3.05, 3.63) is 17.0 Å². The molecule has 0 bridgehead atoms. The van der Waals surface area contributed by atoms with Gasteiger partial charge in [0, 0.05) is 12.6 Å². The second-order valence-corrected chi connectivity index (χ2v) is 5.81. The quantitative estimate of drug-likeness (QED) is 0.777. The lowest BCUT2D eigenvalue weighted by atomic mass is 10.3. The number of hydrogen-bond donors (Lipinski definition) is 3. The molecule has 1 aliphatic rings. The number of nitrogens with one attached hydrogen (secondary N) is 2. The van der Waals surface area contributed by atoms with Crippen LogP contribution < -0.4 is 10.6 Å². The Morgan fingerprint density at radius 1 is 1.45 bits per heavy atom. The Balaban J connectivity index is 1.80. The fraction of sp³-hybridized carbons (Fsp3) is 0.538. The number of rotatable bonds is 5. The van der Waals surface area contributed by atoms with Gasteiger partial charge in [-0.3, -0.25) is 10.2 Å². The lowest BCUT2D eigenvalue weighted by molar-refractivity contribution is 0.0698. The van der Waals surface area contributed by atoms with Gasteiger partial charge in [0.15, 0.2) is 0 Å². The molecule has 1 fully saturated rings. The molecular formula is C13H19N3O3S. The predicted molar refractivity (Wildman–Crippen MR) is 78.6 cm³/mol. The van der Waals surface area contributed by atoms with E-state index in [1.165, 1.54) is 30.2 Å². The summed E-state index contributed by atoms with van der Waals surface area (Å²) in [6.45, 7) is 4.80. The van der Waals surface area contributed by atoms with Crippen molar-refractivity contribution < 1.29 is 14.7 Å². The number of carbonyl (C=O) groups is 2. The van der Waals surface area contributed by atoms with Crippen molar-refractivity contribution in [1.29, 1.82) is 0 Å². The first-order valence-corrected chi connectivity index (χ1v) is 7.55. The molecule has 0 aliphatic carbocycles. The lowest BCUT2D eigenvalue weighted by Gasteiger charge is -2.23. The van der Waals surface area contributed by atoms with Crippen molar-refractivity contribution in [3.63, 3.8) is 0 Å². The van der Waals surface area contributed by atoms with Gasteiger partial charge in [0.1, 0.15) is 5.00 Å². The van der Waals surface area contributed by atoms with E-state index in [0.29, 0.717) is 17.6 Å². The zero-order chi connectivity index (χ0) is 14.5. The average molecular weight is 297 g/mol. The van der Waals surface area contributed by atoms with E-state index in [4.69, 9.17) is 5.11 Å². The maximum atomic E-state index is 11.8. The van der Waals surface area contributed by atoms with Crippen molar-refractivity contribution in [2.24, 2.45) is 0 Å². The first-order chi connectivity index (χ1) is 9.58. The highest BCUT2D eigenvalue weighted by atomic mass is 32.1. The fourth-order valence-electron chi connectivity index (χ4n) is 2.27. The van der Waals surface area contributed by atoms with Crippen LogP contribution in [0.25, 0.3) is 0 Å². The summed E-state index contributed by atoms with van der Waals surface area (Å²) in [6, 6.07) is 1.42. The largest absolute Gasteiger partial charge is 0.478 e. The van der Waals surface area contributed by atoms with Gasteiger partial charge in [-0.05, 0) is 44.3 Å². The fourth-order valence-corrected chi connectivity index (χ4v) is 3.05. The Bertz CT molecular complexity index is 483. The zero-order valence-corrected chi connectivity index (χ0v) is 12.2. The van der Waals surface area contributed by atoms with Gasteiger partial charge in [0.05, 0.1) is 5.56 Å². The summed E-state index contributed by atoms with van der Waals surface area (Å²) < 4.78 is 0. The van der Waals surface area contributed by atoms with Crippen LogP contribution >= 0.6 is 11.3 Å². The van der Waals surface area contributed by atoms with Crippen molar-refractivity contribution in [2.75, 3.05) is 25.0 Å². The molecule has 1 saturated heterocycles. The molecule has 0 spiro atoms. The molecule has 3 N–H and O–H groups in total. The summed E-state index contributed by atoms with van der Waals surface area (Å²) in [7, 11) is 0. The van der Waals surface area contributed by atoms with Gasteiger partial charge in [-0.15, -0.1) is 11.3 Å². The highest BCUT2D eigenvalue weighted by Gasteiger charge is 2.19. The molecule has 110 valence electrons. The maximum Gasteiger partial charge on any atom is 0.338 e. The molecule has 2 heterocycles. The molecule has 1 aromatic heterocycles. The van der Waals surface area contributed by atoms with Crippen molar-refractivity contribution in [2.45, 2.75) is 25.8 Å². The Morgan fingerprint density at radius 3 is 2.80 bits per heavy atom. The minimum Gasteiger partial charge on any atom is -0.478 e. The van der Waals surface area contributed by atoms with E-state index >= 15 is 0 Å². The molecule has 6 nitrogen and oxygen atoms in total. The number of carboxylic acids is 1. The van der Waals surface area contributed by atoms with Gasteiger partial charge < -0.3 is 10.4 Å². The van der Waals surface area contributed by atoms with E-state index in [1.807, 2.05) is 0 Å². The van der Waals surface area contributed by atoms with Crippen LogP contribution in [0.5, 0.6) is 0 Å². The number of likely N-dealkylation sites (tertiary alicyclic amines) is 1. The summed E-state index contributed by atoms with van der Waals surface area (Å²) in [5.74, 6) is -1.04. The SMILES string of the molecule is CC(CNC(=O)Nc1sccc1C(=O)O)N1CCCC1. The average Bonchev–Trinajstić information content (AvgIpc) is 3.06. The first-order valence-electron chi connectivity index (χ1n) is 6.67. The topological polar surface area (TPSA) is 81.7 Å². The number of thiophene rings is 1. The highest BCUT2D eigenvalue weighted by Crippen LogP contribution is 2.22. The van der Waals surface area contributed by atoms with Crippen LogP contribution in [0.15, 0.2) is 11.4 Å². The van der Waals surface area contributed by atoms with Crippen molar-refractivity contribution in [3.8, 4) is 0 Å². The lowest BCUT2D eigenvalue weighted by Crippen LogP contribution is -2.42. The number of amides is 2. The molecule has 0 radical (unpaired) electrons. The van der Waals surface area contributed by atoms with Crippen molar-refractivity contribution in [1.82, 2.24) is 10.2 Å². The van der Waals surface area contributed by atoms with E-state index in [1.54, 1.807) is 5.38 Å². The second-order valence-electron chi connectivity index (χ2n) is 4.90. The summed E-state index contributed by atoms with van der Waals surface area (Å²) in [5, 5.41) is 16.3. The van der Waals surface area contributed by atoms with Crippen LogP contribution in [0.1, 0.15) is 30.1 Å². The third kappa shape index (κ3) is 3.71. The third-order valence-electron chi connectivity index (χ3n) is 3.44. The molecule has 7 heteroatoms. The maximum absolute atomic E-state index is 11.8. The van der Waals surface area contributed by atoms with Gasteiger partial charge in [-0.25, -0.2) is 9.59 Å². The van der Waals surface area contributed by atoms with Gasteiger partial charge in [-0.2, -0.15) is 0 Å². The van der Waals surface area contributed by atoms with E-state index < -0.39 is 5.97 Å². The predicted octanol–water partition coefficient (Wildman–Crippen LogP) is 2.05. The van der Waals surface area contributed by atoms with E-state index in [0.717, 1.165) is 13.1 Å². The van der Waals surface area contributed by atoms with Gasteiger partial charge in [0.2, 0.25) is 0 Å². The molecule has 1 atom stereocenters. The number of urea groups is 1. The number of hydrogen-bond acceptors (Lipinski definition) is 4. The summed E-state index contributed by atoms with van der Waals surface area (Å²) in [6.07, 6.45) is 2.43. The number of carboxylic acid groups (broad SMARTS) is 1. The smallest absolute Gasteiger partial charge is 0.338 e. The van der Waals surface area contributed by atoms with Gasteiger partial charge in [-0.1, -0.05) is 0 Å². The summed E-state index contributed by atoms with van der Waals surface area (Å²) in [4.78, 5) is 25.1. The third-order valence-corrected chi connectivity index (χ3v) is 4.27. The summed E-state index contributed by atoms with van der Waals surface area (Å²) >= 11 is 1.20. The number of nitrogens with zero attached hydrogens (tertiary/aromatic N) is 1. The molecule has 2 rings (SSSR count). The van der Waals surface area contributed by atoms with E-state index in [-0.39, 0.29) is 11.6 Å². The highest BCUT2D eigenvalue weighted by molar-refractivity contribution is 7.14. The number of aromatic carboxylic acids is 1. The van der Waals surface area contributed by atoms with Gasteiger partial charge >= 0.3 is 12.0 Å². The summed E-state index contributed by atoms with van der Waals surface area (Å²) in [5.41, 5.74) is 0.123. The van der Waals surface area contributed by atoms with Crippen LogP contribution in [0.3, 0.4) is 0 Å². The molecule has 1 aromatic rings. The second kappa shape index (κ2) is 6.71. The Morgan fingerprint density at radius 2 is 2.15 bits per heavy atom. The van der Waals surface area contributed by atoms with Gasteiger partial charge in [0.25, 0.3) is 0 Å². The first kappa shape index (κ1) is 14.8. The Labute approximate surface area is 121 Å². The van der Waals surface area contributed by atoms with E-state index in [9.17, 15) is 9.59 Å². The minimum absolute atomic E-state index is 0.123. The van der Waals surface area contributed by atoms with Crippen LogP contribution in [-0.4, -0.2) is 47.7 Å². The zero-order valence-electron chi connectivity index (χ0n) is 11.4. The van der Waals surface area contributed by atoms with Crippen LogP contribution in [0.4, 0.5) is 9.80 Å². The molecule has 20 heavy (non-hydrogen) atoms. The number of carbonyl (C=O) groups excluding carboxylic acids is 1. The molecule has 1 aliphatic heterocycles. The van der Waals surface area contributed by atoms with E-state index in [2.05, 4.69) is 22.5 Å². The molecular weight excluding hydrogens is 278 g/mol. The standard InChI is InChI=1S/C13H19N3O3S/c1-9(16-5-2-3-6-16)8-14-13(19)15-11-10(12(17)18)4-7-20-11/h4,7,9H,2-3,5-6,8H2,1H3,(H,17,18)(H2,14,15,19).